The maximum atomic E-state index is 13.9. The normalized spacial score (nSPS) is 11.3. The number of hydrogen-bond acceptors (Lipinski definition) is 5. The van der Waals surface area contributed by atoms with Crippen LogP contribution in [0.3, 0.4) is 0 Å². The van der Waals surface area contributed by atoms with E-state index in [0.717, 1.165) is 0 Å². The molecule has 0 spiro atoms. The van der Waals surface area contributed by atoms with Crippen molar-refractivity contribution in [1.82, 2.24) is 14.8 Å². The SMILES string of the molecule is C/C(=N\NC(=O)C(=O)Nc1c(C)n(C)n(-c2ccccc2)c1=O)c1ccc(OCc2c(F)cccc2Cl)cc1. The van der Waals surface area contributed by atoms with Crippen molar-refractivity contribution in [3.8, 4) is 11.4 Å². The number of hydrazone groups is 1. The van der Waals surface area contributed by atoms with Crippen LogP contribution >= 0.6 is 11.6 Å². The Morgan fingerprint density at radius 3 is 2.36 bits per heavy atom. The fourth-order valence-electron chi connectivity index (χ4n) is 3.75. The van der Waals surface area contributed by atoms with Gasteiger partial charge in [-0.3, -0.25) is 19.1 Å². The Kier molecular flexibility index (Phi) is 8.26. The quantitative estimate of drug-likeness (QED) is 0.203. The summed E-state index contributed by atoms with van der Waals surface area (Å²) in [5, 5.41) is 6.64. The minimum absolute atomic E-state index is 0.00513. The van der Waals surface area contributed by atoms with Gasteiger partial charge in [-0.2, -0.15) is 5.10 Å². The van der Waals surface area contributed by atoms with E-state index >= 15 is 0 Å². The van der Waals surface area contributed by atoms with Crippen LogP contribution in [0.1, 0.15) is 23.7 Å². The lowest BCUT2D eigenvalue weighted by molar-refractivity contribution is -0.136. The van der Waals surface area contributed by atoms with Gasteiger partial charge in [0.25, 0.3) is 5.56 Å². The van der Waals surface area contributed by atoms with Crippen LogP contribution in [0.5, 0.6) is 5.75 Å². The lowest BCUT2D eigenvalue weighted by Gasteiger charge is -2.09. The molecule has 0 unspecified atom stereocenters. The van der Waals surface area contributed by atoms with E-state index in [4.69, 9.17) is 16.3 Å². The highest BCUT2D eigenvalue weighted by Gasteiger charge is 2.21. The molecular formula is C28H25ClFN5O4. The molecule has 0 radical (unpaired) electrons. The van der Waals surface area contributed by atoms with Crippen molar-refractivity contribution in [3.63, 3.8) is 0 Å². The highest BCUT2D eigenvalue weighted by Crippen LogP contribution is 2.22. The number of rotatable bonds is 7. The van der Waals surface area contributed by atoms with Gasteiger partial charge < -0.3 is 10.1 Å². The Morgan fingerprint density at radius 1 is 1.00 bits per heavy atom. The Balaban J connectivity index is 1.38. The van der Waals surface area contributed by atoms with E-state index in [0.29, 0.717) is 28.4 Å². The number of benzene rings is 3. The third-order valence-corrected chi connectivity index (χ3v) is 6.40. The molecule has 0 aliphatic rings. The number of ether oxygens (including phenoxy) is 1. The first-order valence-corrected chi connectivity index (χ1v) is 12.2. The smallest absolute Gasteiger partial charge is 0.329 e. The second-order valence-electron chi connectivity index (χ2n) is 8.54. The molecule has 11 heteroatoms. The summed E-state index contributed by atoms with van der Waals surface area (Å²) in [6, 6.07) is 20.1. The molecule has 2 amide bonds. The lowest BCUT2D eigenvalue weighted by Crippen LogP contribution is -2.34. The predicted octanol–water partition coefficient (Wildman–Crippen LogP) is 4.33. The van der Waals surface area contributed by atoms with Crippen molar-refractivity contribution in [2.24, 2.45) is 12.1 Å². The van der Waals surface area contributed by atoms with Crippen LogP contribution in [-0.4, -0.2) is 26.9 Å². The molecule has 0 saturated heterocycles. The third-order valence-electron chi connectivity index (χ3n) is 6.04. The van der Waals surface area contributed by atoms with Gasteiger partial charge in [-0.25, -0.2) is 14.5 Å². The summed E-state index contributed by atoms with van der Waals surface area (Å²) in [7, 11) is 1.68. The van der Waals surface area contributed by atoms with E-state index in [1.807, 2.05) is 6.07 Å². The molecule has 1 aromatic heterocycles. The monoisotopic (exact) mass is 549 g/mol. The minimum Gasteiger partial charge on any atom is -0.489 e. The first-order chi connectivity index (χ1) is 18.7. The van der Waals surface area contributed by atoms with Crippen LogP contribution < -0.4 is 21.0 Å². The van der Waals surface area contributed by atoms with Gasteiger partial charge in [-0.15, -0.1) is 0 Å². The van der Waals surface area contributed by atoms with E-state index in [-0.39, 0.29) is 22.9 Å². The average molecular weight is 550 g/mol. The number of halogens is 2. The zero-order valence-electron chi connectivity index (χ0n) is 21.4. The summed E-state index contributed by atoms with van der Waals surface area (Å²) in [5.74, 6) is -2.04. The predicted molar refractivity (Wildman–Crippen MR) is 147 cm³/mol. The molecule has 4 rings (SSSR count). The molecule has 2 N–H and O–H groups in total. The molecule has 0 atom stereocenters. The van der Waals surface area contributed by atoms with Crippen LogP contribution in [-0.2, 0) is 23.2 Å². The largest absolute Gasteiger partial charge is 0.489 e. The van der Waals surface area contributed by atoms with E-state index in [2.05, 4.69) is 15.8 Å². The van der Waals surface area contributed by atoms with Gasteiger partial charge >= 0.3 is 11.8 Å². The number of para-hydroxylation sites is 1. The summed E-state index contributed by atoms with van der Waals surface area (Å²) in [6.07, 6.45) is 0. The Bertz CT molecular complexity index is 1590. The Morgan fingerprint density at radius 2 is 1.69 bits per heavy atom. The summed E-state index contributed by atoms with van der Waals surface area (Å²) in [5.41, 5.74) is 4.14. The maximum Gasteiger partial charge on any atom is 0.329 e. The number of carbonyl (C=O) groups excluding carboxylic acids is 2. The fraction of sp³-hybridized carbons (Fsp3) is 0.143. The van der Waals surface area contributed by atoms with Gasteiger partial charge in [-0.1, -0.05) is 35.9 Å². The zero-order valence-corrected chi connectivity index (χ0v) is 22.1. The Hall–Kier alpha value is -4.70. The van der Waals surface area contributed by atoms with E-state index in [1.165, 1.54) is 16.8 Å². The van der Waals surface area contributed by atoms with Gasteiger partial charge in [0.1, 0.15) is 23.9 Å². The number of carbonyl (C=O) groups is 2. The van der Waals surface area contributed by atoms with Gasteiger partial charge in [0.05, 0.1) is 22.1 Å². The molecule has 0 saturated carbocycles. The molecule has 200 valence electrons. The van der Waals surface area contributed by atoms with Crippen molar-refractivity contribution in [1.29, 1.82) is 0 Å². The van der Waals surface area contributed by atoms with Crippen LogP contribution in [0.15, 0.2) is 82.7 Å². The molecule has 1 heterocycles. The number of amides is 2. The summed E-state index contributed by atoms with van der Waals surface area (Å²) >= 11 is 6.02. The van der Waals surface area contributed by atoms with Crippen LogP contribution in [0.4, 0.5) is 10.1 Å². The molecule has 0 aliphatic heterocycles. The Labute approximate surface area is 228 Å². The molecule has 0 aliphatic carbocycles. The second kappa shape index (κ2) is 11.8. The molecule has 3 aromatic carbocycles. The van der Waals surface area contributed by atoms with Gasteiger partial charge in [-0.05, 0) is 67.9 Å². The standard InChI is InChI=1S/C28H25ClFN5O4/c1-17(19-12-14-21(15-13-19)39-16-22-23(29)10-7-11-24(22)30)32-33-27(37)26(36)31-25-18(2)34(3)35(28(25)38)20-8-5-4-6-9-20/h4-15H,16H2,1-3H3,(H,31,36)(H,33,37)/b32-17+. The van der Waals surface area contributed by atoms with Gasteiger partial charge in [0, 0.05) is 12.6 Å². The van der Waals surface area contributed by atoms with E-state index in [9.17, 15) is 18.8 Å². The van der Waals surface area contributed by atoms with Gasteiger partial charge in [0.15, 0.2) is 0 Å². The second-order valence-corrected chi connectivity index (χ2v) is 8.95. The lowest BCUT2D eigenvalue weighted by atomic mass is 10.1. The van der Waals surface area contributed by atoms with E-state index in [1.54, 1.807) is 80.2 Å². The first kappa shape index (κ1) is 27.3. The van der Waals surface area contributed by atoms with E-state index < -0.39 is 23.2 Å². The van der Waals surface area contributed by atoms with Crippen LogP contribution in [0.25, 0.3) is 5.69 Å². The van der Waals surface area contributed by atoms with Crippen molar-refractivity contribution in [2.75, 3.05) is 5.32 Å². The van der Waals surface area contributed by atoms with Crippen molar-refractivity contribution < 1.29 is 18.7 Å². The van der Waals surface area contributed by atoms with Crippen molar-refractivity contribution in [3.05, 3.63) is 111 Å². The highest BCUT2D eigenvalue weighted by atomic mass is 35.5. The number of hydrogen-bond donors (Lipinski definition) is 2. The molecular weight excluding hydrogens is 525 g/mol. The van der Waals surface area contributed by atoms with Crippen molar-refractivity contribution in [2.45, 2.75) is 20.5 Å². The summed E-state index contributed by atoms with van der Waals surface area (Å²) in [4.78, 5) is 37.8. The van der Waals surface area contributed by atoms with Gasteiger partial charge in [0.2, 0.25) is 0 Å². The number of nitrogens with zero attached hydrogens (tertiary/aromatic N) is 3. The molecule has 39 heavy (non-hydrogen) atoms. The summed E-state index contributed by atoms with van der Waals surface area (Å²) < 4.78 is 22.5. The highest BCUT2D eigenvalue weighted by molar-refractivity contribution is 6.39. The van der Waals surface area contributed by atoms with Crippen LogP contribution in [0.2, 0.25) is 5.02 Å². The topological polar surface area (TPSA) is 107 Å². The maximum absolute atomic E-state index is 13.9. The number of anilines is 1. The molecule has 9 nitrogen and oxygen atoms in total. The zero-order chi connectivity index (χ0) is 28.1. The van der Waals surface area contributed by atoms with Crippen LogP contribution in [0, 0.1) is 12.7 Å². The molecule has 0 bridgehead atoms. The fourth-order valence-corrected chi connectivity index (χ4v) is 3.97. The molecule has 0 fully saturated rings. The summed E-state index contributed by atoms with van der Waals surface area (Å²) in [6.45, 7) is 3.27. The number of nitrogens with one attached hydrogen (secondary N) is 2. The minimum atomic E-state index is -1.04. The average Bonchev–Trinajstić information content (AvgIpc) is 3.14. The number of aromatic nitrogens is 2. The first-order valence-electron chi connectivity index (χ1n) is 11.8. The molecule has 4 aromatic rings. The van der Waals surface area contributed by atoms with Crippen molar-refractivity contribution >= 4 is 34.8 Å². The third kappa shape index (κ3) is 6.07.